The van der Waals surface area contributed by atoms with E-state index in [0.717, 1.165) is 24.3 Å². The molecule has 4 nitrogen and oxygen atoms in total. The summed E-state index contributed by atoms with van der Waals surface area (Å²) in [6, 6.07) is 33.5. The van der Waals surface area contributed by atoms with E-state index in [0.29, 0.717) is 31.4 Å². The molecule has 0 spiro atoms. The molecule has 0 N–H and O–H groups in total. The van der Waals surface area contributed by atoms with Crippen LogP contribution in [0.15, 0.2) is 101 Å². The Morgan fingerprint density at radius 3 is 1.90 bits per heavy atom. The second-order valence-electron chi connectivity index (χ2n) is 11.7. The number of furan rings is 1. The van der Waals surface area contributed by atoms with Crippen LogP contribution in [-0.4, -0.2) is 28.3 Å². The van der Waals surface area contributed by atoms with E-state index >= 15 is 0 Å². The van der Waals surface area contributed by atoms with Crippen LogP contribution in [0.25, 0.3) is 0 Å². The van der Waals surface area contributed by atoms with E-state index in [-0.39, 0.29) is 11.3 Å². The summed E-state index contributed by atoms with van der Waals surface area (Å²) in [5, 5.41) is 0. The molecule has 0 aliphatic carbocycles. The Bertz CT molecular complexity index is 1300. The molecule has 0 aliphatic heterocycles. The summed E-state index contributed by atoms with van der Waals surface area (Å²) in [4.78, 5) is 17.9. The molecule has 1 amide bonds. The van der Waals surface area contributed by atoms with E-state index in [2.05, 4.69) is 88.0 Å². The standard InChI is InChI=1S/C35H42N2O2/c1-27(2)37(25-30-16-18-31(19-17-30)35(3,4)5)26-32-20-21-33(39-32)34(38)36(24-29-14-10-7-11-15-29)23-22-28-12-8-6-9-13-28/h6-21,27H,22-26H2,1-5H3. The molecule has 0 bridgehead atoms. The van der Waals surface area contributed by atoms with Gasteiger partial charge in [-0.3, -0.25) is 9.69 Å². The number of rotatable bonds is 11. The first-order valence-electron chi connectivity index (χ1n) is 14.0. The summed E-state index contributed by atoms with van der Waals surface area (Å²) in [6.07, 6.45) is 0.794. The van der Waals surface area contributed by atoms with Crippen molar-refractivity contribution in [3.8, 4) is 0 Å². The Morgan fingerprint density at radius 1 is 0.718 bits per heavy atom. The molecule has 0 atom stereocenters. The van der Waals surface area contributed by atoms with Crippen molar-refractivity contribution >= 4 is 5.91 Å². The SMILES string of the molecule is CC(C)N(Cc1ccc(C(C)(C)C)cc1)Cc1ccc(C(=O)N(CCc2ccccc2)Cc2ccccc2)o1. The molecule has 4 heteroatoms. The molecule has 39 heavy (non-hydrogen) atoms. The predicted octanol–water partition coefficient (Wildman–Crippen LogP) is 7.87. The van der Waals surface area contributed by atoms with Crippen molar-refractivity contribution in [3.05, 3.63) is 131 Å². The Balaban J connectivity index is 1.45. The minimum absolute atomic E-state index is 0.0742. The van der Waals surface area contributed by atoms with Crippen LogP contribution >= 0.6 is 0 Å². The normalized spacial score (nSPS) is 11.8. The van der Waals surface area contributed by atoms with Gasteiger partial charge < -0.3 is 9.32 Å². The van der Waals surface area contributed by atoms with E-state index < -0.39 is 0 Å². The molecule has 0 radical (unpaired) electrons. The van der Waals surface area contributed by atoms with Crippen LogP contribution < -0.4 is 0 Å². The lowest BCUT2D eigenvalue weighted by molar-refractivity contribution is 0.0707. The maximum Gasteiger partial charge on any atom is 0.289 e. The van der Waals surface area contributed by atoms with Crippen molar-refractivity contribution < 1.29 is 9.21 Å². The van der Waals surface area contributed by atoms with Gasteiger partial charge in [-0.2, -0.15) is 0 Å². The van der Waals surface area contributed by atoms with Gasteiger partial charge in [-0.25, -0.2) is 0 Å². The van der Waals surface area contributed by atoms with Crippen molar-refractivity contribution in [1.29, 1.82) is 0 Å². The first kappa shape index (κ1) is 28.4. The molecule has 0 saturated carbocycles. The fraction of sp³-hybridized carbons (Fsp3) is 0.343. The van der Waals surface area contributed by atoms with Gasteiger partial charge in [0.05, 0.1) is 6.54 Å². The number of benzene rings is 3. The number of hydrogen-bond acceptors (Lipinski definition) is 3. The highest BCUT2D eigenvalue weighted by Crippen LogP contribution is 2.23. The van der Waals surface area contributed by atoms with Crippen LogP contribution in [-0.2, 0) is 31.5 Å². The minimum Gasteiger partial charge on any atom is -0.455 e. The Labute approximate surface area is 234 Å². The summed E-state index contributed by atoms with van der Waals surface area (Å²) in [7, 11) is 0. The minimum atomic E-state index is -0.0742. The van der Waals surface area contributed by atoms with E-state index in [1.165, 1.54) is 16.7 Å². The highest BCUT2D eigenvalue weighted by molar-refractivity contribution is 5.91. The zero-order chi connectivity index (χ0) is 27.8. The average Bonchev–Trinajstić information content (AvgIpc) is 3.40. The molecule has 1 heterocycles. The number of hydrogen-bond donors (Lipinski definition) is 0. The molecular formula is C35H42N2O2. The van der Waals surface area contributed by atoms with Crippen molar-refractivity contribution in [2.75, 3.05) is 6.54 Å². The van der Waals surface area contributed by atoms with Crippen molar-refractivity contribution in [1.82, 2.24) is 9.80 Å². The summed E-state index contributed by atoms with van der Waals surface area (Å²) >= 11 is 0. The lowest BCUT2D eigenvalue weighted by atomic mass is 9.87. The van der Waals surface area contributed by atoms with Gasteiger partial charge in [-0.05, 0) is 60.1 Å². The first-order valence-corrected chi connectivity index (χ1v) is 14.0. The molecule has 0 aliphatic rings. The van der Waals surface area contributed by atoms with E-state index in [4.69, 9.17) is 4.42 Å². The van der Waals surface area contributed by atoms with Crippen molar-refractivity contribution in [2.24, 2.45) is 0 Å². The lowest BCUT2D eigenvalue weighted by Crippen LogP contribution is -2.32. The highest BCUT2D eigenvalue weighted by atomic mass is 16.4. The zero-order valence-electron chi connectivity index (χ0n) is 24.1. The summed E-state index contributed by atoms with van der Waals surface area (Å²) < 4.78 is 6.17. The third-order valence-corrected chi connectivity index (χ3v) is 7.18. The Kier molecular flexibility index (Phi) is 9.42. The monoisotopic (exact) mass is 522 g/mol. The second kappa shape index (κ2) is 12.9. The van der Waals surface area contributed by atoms with Gasteiger partial charge in [0, 0.05) is 25.7 Å². The van der Waals surface area contributed by atoms with Crippen LogP contribution in [0, 0.1) is 0 Å². The van der Waals surface area contributed by atoms with E-state index in [1.54, 1.807) is 0 Å². The van der Waals surface area contributed by atoms with Gasteiger partial charge in [-0.15, -0.1) is 0 Å². The third kappa shape index (κ3) is 8.18. The van der Waals surface area contributed by atoms with Crippen LogP contribution in [0.1, 0.15) is 73.2 Å². The van der Waals surface area contributed by atoms with Crippen molar-refractivity contribution in [3.63, 3.8) is 0 Å². The van der Waals surface area contributed by atoms with Gasteiger partial charge in [0.2, 0.25) is 0 Å². The summed E-state index contributed by atoms with van der Waals surface area (Å²) in [6.45, 7) is 13.7. The Hall–Kier alpha value is -3.63. The van der Waals surface area contributed by atoms with Crippen LogP contribution in [0.5, 0.6) is 0 Å². The van der Waals surface area contributed by atoms with E-state index in [9.17, 15) is 4.79 Å². The predicted molar refractivity (Wildman–Crippen MR) is 160 cm³/mol. The Morgan fingerprint density at radius 2 is 1.31 bits per heavy atom. The first-order chi connectivity index (χ1) is 18.7. The third-order valence-electron chi connectivity index (χ3n) is 7.18. The maximum absolute atomic E-state index is 13.6. The zero-order valence-corrected chi connectivity index (χ0v) is 24.1. The summed E-state index contributed by atoms with van der Waals surface area (Å²) in [5.74, 6) is 1.13. The van der Waals surface area contributed by atoms with E-state index in [1.807, 2.05) is 53.4 Å². The lowest BCUT2D eigenvalue weighted by Gasteiger charge is -2.26. The van der Waals surface area contributed by atoms with Gasteiger partial charge in [0.1, 0.15) is 5.76 Å². The number of carbonyl (C=O) groups is 1. The fourth-order valence-corrected chi connectivity index (χ4v) is 4.66. The molecule has 1 aromatic heterocycles. The number of carbonyl (C=O) groups excluding carboxylic acids is 1. The smallest absolute Gasteiger partial charge is 0.289 e. The van der Waals surface area contributed by atoms with Gasteiger partial charge >= 0.3 is 0 Å². The number of nitrogens with zero attached hydrogens (tertiary/aromatic N) is 2. The maximum atomic E-state index is 13.6. The second-order valence-corrected chi connectivity index (χ2v) is 11.7. The van der Waals surface area contributed by atoms with Gasteiger partial charge in [0.15, 0.2) is 5.76 Å². The highest BCUT2D eigenvalue weighted by Gasteiger charge is 2.21. The van der Waals surface area contributed by atoms with Gasteiger partial charge in [-0.1, -0.05) is 106 Å². The van der Waals surface area contributed by atoms with Crippen LogP contribution in [0.3, 0.4) is 0 Å². The van der Waals surface area contributed by atoms with Crippen LogP contribution in [0.4, 0.5) is 0 Å². The molecule has 4 rings (SSSR count). The number of amides is 1. The molecule has 3 aromatic carbocycles. The van der Waals surface area contributed by atoms with Gasteiger partial charge in [0.25, 0.3) is 5.91 Å². The molecular weight excluding hydrogens is 480 g/mol. The average molecular weight is 523 g/mol. The quantitative estimate of drug-likeness (QED) is 0.201. The molecule has 0 saturated heterocycles. The van der Waals surface area contributed by atoms with Crippen LogP contribution in [0.2, 0.25) is 0 Å². The molecule has 4 aromatic rings. The molecule has 0 unspecified atom stereocenters. The topological polar surface area (TPSA) is 36.7 Å². The summed E-state index contributed by atoms with van der Waals surface area (Å²) in [5.41, 5.74) is 5.07. The molecule has 204 valence electrons. The largest absolute Gasteiger partial charge is 0.455 e. The molecule has 0 fully saturated rings. The van der Waals surface area contributed by atoms with Crippen molar-refractivity contribution in [2.45, 2.75) is 72.1 Å². The fourth-order valence-electron chi connectivity index (χ4n) is 4.66.